The lowest BCUT2D eigenvalue weighted by atomic mass is 9.53. The van der Waals surface area contributed by atoms with Gasteiger partial charge >= 0.3 is 0 Å². The van der Waals surface area contributed by atoms with E-state index >= 15 is 0 Å². The van der Waals surface area contributed by atoms with Crippen molar-refractivity contribution in [3.8, 4) is 0 Å². The molecule has 4 saturated carbocycles. The van der Waals surface area contributed by atoms with Crippen LogP contribution in [-0.4, -0.2) is 11.4 Å². The van der Waals surface area contributed by atoms with Gasteiger partial charge in [-0.15, -0.1) is 11.3 Å². The number of nitrogens with one attached hydrogen (secondary N) is 1. The molecule has 6 rings (SSSR count). The number of hydrogen-bond donors (Lipinski definition) is 1. The van der Waals surface area contributed by atoms with Crippen LogP contribution in [0.15, 0.2) is 6.07 Å². The van der Waals surface area contributed by atoms with Gasteiger partial charge in [0.2, 0.25) is 0 Å². The first kappa shape index (κ1) is 13.6. The average molecular weight is 315 g/mol. The van der Waals surface area contributed by atoms with Crippen LogP contribution < -0.4 is 5.32 Å². The van der Waals surface area contributed by atoms with Gasteiger partial charge in [-0.05, 0) is 93.6 Å². The van der Waals surface area contributed by atoms with Gasteiger partial charge in [0, 0.05) is 10.4 Å². The van der Waals surface area contributed by atoms with E-state index in [1.807, 2.05) is 0 Å². The zero-order chi connectivity index (χ0) is 14.7. The summed E-state index contributed by atoms with van der Waals surface area (Å²) < 4.78 is 0. The van der Waals surface area contributed by atoms with Crippen LogP contribution in [0.3, 0.4) is 0 Å². The molecule has 4 fully saturated rings. The number of thiophene rings is 1. The van der Waals surface area contributed by atoms with Crippen LogP contribution in [0, 0.1) is 17.8 Å². The first-order valence-corrected chi connectivity index (χ1v) is 9.95. The molecule has 3 heteroatoms. The summed E-state index contributed by atoms with van der Waals surface area (Å²) in [5.41, 5.74) is 1.60. The molecule has 22 heavy (non-hydrogen) atoms. The third-order valence-corrected chi connectivity index (χ3v) is 7.87. The zero-order valence-corrected chi connectivity index (χ0v) is 14.0. The Hall–Kier alpha value is -0.830. The van der Waals surface area contributed by atoms with Crippen LogP contribution in [0.1, 0.15) is 71.5 Å². The van der Waals surface area contributed by atoms with E-state index < -0.39 is 0 Å². The second-order valence-corrected chi connectivity index (χ2v) is 9.55. The monoisotopic (exact) mass is 315 g/mol. The minimum atomic E-state index is 0.149. The number of rotatable bonds is 2. The van der Waals surface area contributed by atoms with Crippen LogP contribution >= 0.6 is 11.3 Å². The van der Waals surface area contributed by atoms with E-state index in [9.17, 15) is 4.79 Å². The Kier molecular flexibility index (Phi) is 2.99. The fourth-order valence-corrected chi connectivity index (χ4v) is 7.32. The molecule has 0 aliphatic heterocycles. The average Bonchev–Trinajstić information content (AvgIpc) is 2.89. The van der Waals surface area contributed by atoms with Gasteiger partial charge in [-0.25, -0.2) is 0 Å². The molecule has 1 heterocycles. The van der Waals surface area contributed by atoms with E-state index in [1.165, 1.54) is 74.6 Å². The summed E-state index contributed by atoms with van der Waals surface area (Å²) in [7, 11) is 0. The summed E-state index contributed by atoms with van der Waals surface area (Å²) in [6.45, 7) is 0. The Morgan fingerprint density at radius 3 is 2.32 bits per heavy atom. The molecule has 0 radical (unpaired) electrons. The van der Waals surface area contributed by atoms with Crippen LogP contribution in [0.4, 0.5) is 0 Å². The second kappa shape index (κ2) is 4.83. The maximum atomic E-state index is 12.8. The molecule has 0 spiro atoms. The van der Waals surface area contributed by atoms with Gasteiger partial charge in [0.05, 0.1) is 4.88 Å². The van der Waals surface area contributed by atoms with Crippen molar-refractivity contribution in [3.63, 3.8) is 0 Å². The van der Waals surface area contributed by atoms with Crippen molar-refractivity contribution >= 4 is 17.2 Å². The number of amides is 1. The fourth-order valence-electron chi connectivity index (χ4n) is 6.17. The minimum Gasteiger partial charge on any atom is -0.346 e. The molecule has 1 aromatic heterocycles. The van der Waals surface area contributed by atoms with Crippen molar-refractivity contribution in [2.24, 2.45) is 17.8 Å². The fraction of sp³-hybridized carbons (Fsp3) is 0.737. The lowest BCUT2D eigenvalue weighted by molar-refractivity contribution is -0.0166. The van der Waals surface area contributed by atoms with E-state index in [2.05, 4.69) is 11.4 Å². The highest BCUT2D eigenvalue weighted by atomic mass is 32.1. The van der Waals surface area contributed by atoms with E-state index in [-0.39, 0.29) is 11.4 Å². The molecule has 0 unspecified atom stereocenters. The van der Waals surface area contributed by atoms with Crippen LogP contribution in [-0.2, 0) is 12.8 Å². The summed E-state index contributed by atoms with van der Waals surface area (Å²) in [5.74, 6) is 2.90. The van der Waals surface area contributed by atoms with Gasteiger partial charge in [-0.3, -0.25) is 4.79 Å². The standard InChI is InChI=1S/C19H25NOS/c21-18(17-8-15-3-1-2-4-16(15)22-17)20-19-9-12-5-13(10-19)7-14(6-12)11-19/h8,12-14H,1-7,9-11H2,(H,20,21). The maximum Gasteiger partial charge on any atom is 0.261 e. The van der Waals surface area contributed by atoms with E-state index in [4.69, 9.17) is 0 Å². The van der Waals surface area contributed by atoms with Crippen molar-refractivity contribution in [3.05, 3.63) is 21.4 Å². The van der Waals surface area contributed by atoms with Gasteiger partial charge in [-0.2, -0.15) is 0 Å². The molecular weight excluding hydrogens is 290 g/mol. The number of fused-ring (bicyclic) bond motifs is 1. The summed E-state index contributed by atoms with van der Waals surface area (Å²) in [6.07, 6.45) is 13.0. The van der Waals surface area contributed by atoms with Crippen molar-refractivity contribution in [1.29, 1.82) is 0 Å². The van der Waals surface area contributed by atoms with Gasteiger partial charge in [0.25, 0.3) is 5.91 Å². The Balaban J connectivity index is 1.37. The Morgan fingerprint density at radius 2 is 1.68 bits per heavy atom. The predicted molar refractivity (Wildman–Crippen MR) is 89.3 cm³/mol. The molecule has 0 atom stereocenters. The topological polar surface area (TPSA) is 29.1 Å². The molecule has 4 bridgehead atoms. The zero-order valence-electron chi connectivity index (χ0n) is 13.2. The SMILES string of the molecule is O=C(NC12CC3CC(CC(C3)C1)C2)c1cc2c(s1)CCCC2. The van der Waals surface area contributed by atoms with Crippen molar-refractivity contribution in [1.82, 2.24) is 5.32 Å². The molecule has 2 nitrogen and oxygen atoms in total. The summed E-state index contributed by atoms with van der Waals surface area (Å²) >= 11 is 1.76. The first-order valence-electron chi connectivity index (χ1n) is 9.13. The Morgan fingerprint density at radius 1 is 1.05 bits per heavy atom. The van der Waals surface area contributed by atoms with E-state index in [0.717, 1.165) is 22.6 Å². The smallest absolute Gasteiger partial charge is 0.261 e. The quantitative estimate of drug-likeness (QED) is 0.865. The summed E-state index contributed by atoms with van der Waals surface area (Å²) in [5, 5.41) is 3.52. The lowest BCUT2D eigenvalue weighted by Crippen LogP contribution is -2.59. The molecule has 1 N–H and O–H groups in total. The highest BCUT2D eigenvalue weighted by Gasteiger charge is 2.51. The maximum absolute atomic E-state index is 12.8. The molecule has 1 amide bonds. The first-order chi connectivity index (χ1) is 10.7. The van der Waals surface area contributed by atoms with Crippen LogP contribution in [0.25, 0.3) is 0 Å². The normalized spacial score (nSPS) is 38.8. The van der Waals surface area contributed by atoms with Gasteiger partial charge in [0.15, 0.2) is 0 Å². The van der Waals surface area contributed by atoms with Gasteiger partial charge < -0.3 is 5.32 Å². The second-order valence-electron chi connectivity index (χ2n) is 8.42. The van der Waals surface area contributed by atoms with Crippen LogP contribution in [0.5, 0.6) is 0 Å². The third-order valence-electron chi connectivity index (χ3n) is 6.64. The minimum absolute atomic E-state index is 0.149. The van der Waals surface area contributed by atoms with Crippen molar-refractivity contribution < 1.29 is 4.79 Å². The number of carbonyl (C=O) groups excluding carboxylic acids is 1. The molecule has 1 aromatic rings. The van der Waals surface area contributed by atoms with E-state index in [1.54, 1.807) is 11.3 Å². The molecule has 5 aliphatic carbocycles. The van der Waals surface area contributed by atoms with Crippen molar-refractivity contribution in [2.45, 2.75) is 69.7 Å². The highest BCUT2D eigenvalue weighted by Crippen LogP contribution is 2.55. The number of aryl methyl sites for hydroxylation is 2. The molecule has 118 valence electrons. The molecule has 0 saturated heterocycles. The third kappa shape index (κ3) is 2.16. The highest BCUT2D eigenvalue weighted by molar-refractivity contribution is 7.14. The number of hydrogen-bond acceptors (Lipinski definition) is 2. The van der Waals surface area contributed by atoms with Gasteiger partial charge in [0.1, 0.15) is 0 Å². The Labute approximate surface area is 136 Å². The number of carbonyl (C=O) groups is 1. The molecular formula is C19H25NOS. The van der Waals surface area contributed by atoms with Crippen LogP contribution in [0.2, 0.25) is 0 Å². The predicted octanol–water partition coefficient (Wildman–Crippen LogP) is 4.33. The summed E-state index contributed by atoms with van der Waals surface area (Å²) in [4.78, 5) is 15.3. The summed E-state index contributed by atoms with van der Waals surface area (Å²) in [6, 6.07) is 2.19. The Bertz CT molecular complexity index is 558. The molecule has 0 aromatic carbocycles. The molecule has 5 aliphatic rings. The van der Waals surface area contributed by atoms with Crippen molar-refractivity contribution in [2.75, 3.05) is 0 Å². The lowest BCUT2D eigenvalue weighted by Gasteiger charge is -2.56. The van der Waals surface area contributed by atoms with Gasteiger partial charge in [-0.1, -0.05) is 0 Å². The van der Waals surface area contributed by atoms with E-state index in [0.29, 0.717) is 0 Å². The largest absolute Gasteiger partial charge is 0.346 e.